The summed E-state index contributed by atoms with van der Waals surface area (Å²) in [6, 6.07) is -1.55. The fraction of sp³-hybridized carbons (Fsp3) is 0.800. The first-order chi connectivity index (χ1) is 14.4. The van der Waals surface area contributed by atoms with Crippen LogP contribution in [0.4, 0.5) is 4.79 Å². The molecule has 0 bridgehead atoms. The Balaban J connectivity index is 3.57. The first-order valence-electron chi connectivity index (χ1n) is 11.6. The highest BCUT2D eigenvalue weighted by molar-refractivity contribution is 5.83. The number of amides is 2. The fourth-order valence-corrected chi connectivity index (χ4v) is 4.21. The van der Waals surface area contributed by atoms with Gasteiger partial charge < -0.3 is 14.8 Å². The minimum Gasteiger partial charge on any atom is -0.458 e. The topological polar surface area (TPSA) is 84.9 Å². The molecular formula is C25H44N2O5. The zero-order valence-corrected chi connectivity index (χ0v) is 21.9. The van der Waals surface area contributed by atoms with Crippen LogP contribution < -0.4 is 5.32 Å². The van der Waals surface area contributed by atoms with Crippen molar-refractivity contribution < 1.29 is 23.9 Å². The van der Waals surface area contributed by atoms with Gasteiger partial charge in [-0.1, -0.05) is 25.5 Å². The van der Waals surface area contributed by atoms with Crippen molar-refractivity contribution in [3.05, 3.63) is 11.6 Å². The van der Waals surface area contributed by atoms with Crippen LogP contribution in [0, 0.1) is 11.8 Å². The van der Waals surface area contributed by atoms with Crippen LogP contribution >= 0.6 is 0 Å². The molecule has 32 heavy (non-hydrogen) atoms. The predicted molar refractivity (Wildman–Crippen MR) is 126 cm³/mol. The molecule has 0 saturated carbocycles. The third-order valence-corrected chi connectivity index (χ3v) is 4.95. The number of carbonyl (C=O) groups excluding carboxylic acids is 3. The summed E-state index contributed by atoms with van der Waals surface area (Å²) in [6.45, 7) is 20.4. The lowest BCUT2D eigenvalue weighted by Gasteiger charge is -2.38. The van der Waals surface area contributed by atoms with Gasteiger partial charge in [-0.2, -0.15) is 0 Å². The van der Waals surface area contributed by atoms with E-state index in [0.29, 0.717) is 12.8 Å². The van der Waals surface area contributed by atoms with Gasteiger partial charge in [0.05, 0.1) is 12.1 Å². The lowest BCUT2D eigenvalue weighted by atomic mass is 9.87. The monoisotopic (exact) mass is 452 g/mol. The summed E-state index contributed by atoms with van der Waals surface area (Å²) in [6.07, 6.45) is 2.60. The molecule has 7 heteroatoms. The number of nitrogens with one attached hydrogen (secondary N) is 1. The van der Waals surface area contributed by atoms with Crippen LogP contribution in [0.1, 0.15) is 89.0 Å². The van der Waals surface area contributed by atoms with Crippen LogP contribution in [0.2, 0.25) is 0 Å². The van der Waals surface area contributed by atoms with Gasteiger partial charge in [-0.15, -0.1) is 0 Å². The fourth-order valence-electron chi connectivity index (χ4n) is 4.21. The lowest BCUT2D eigenvalue weighted by molar-refractivity contribution is -0.160. The summed E-state index contributed by atoms with van der Waals surface area (Å²) >= 11 is 0. The molecule has 7 nitrogen and oxygen atoms in total. The van der Waals surface area contributed by atoms with Crippen LogP contribution in [0.25, 0.3) is 0 Å². The number of rotatable bonds is 6. The molecule has 0 radical (unpaired) electrons. The Kier molecular flexibility index (Phi) is 9.37. The van der Waals surface area contributed by atoms with Gasteiger partial charge in [0.15, 0.2) is 0 Å². The van der Waals surface area contributed by atoms with Gasteiger partial charge in [0.25, 0.3) is 0 Å². The van der Waals surface area contributed by atoms with Gasteiger partial charge in [0, 0.05) is 12.8 Å². The number of hydrogen-bond acceptors (Lipinski definition) is 5. The second-order valence-corrected chi connectivity index (χ2v) is 11.5. The molecule has 0 aromatic rings. The third-order valence-electron chi connectivity index (χ3n) is 4.95. The Bertz CT molecular complexity index is 711. The molecule has 1 fully saturated rings. The molecule has 0 spiro atoms. The van der Waals surface area contributed by atoms with Gasteiger partial charge in [0.2, 0.25) is 5.91 Å². The Labute approximate surface area is 194 Å². The van der Waals surface area contributed by atoms with E-state index >= 15 is 0 Å². The molecule has 4 atom stereocenters. The minimum atomic E-state index is -0.793. The third kappa shape index (κ3) is 8.83. The van der Waals surface area contributed by atoms with Crippen LogP contribution in [-0.4, -0.2) is 52.2 Å². The van der Waals surface area contributed by atoms with Gasteiger partial charge in [-0.25, -0.2) is 9.59 Å². The normalized spacial score (nSPS) is 22.4. The SMILES string of the molecule is CC(=O)N[C@@H](CC(C)C)[C@H]1[C@H](C=C(C)C)C[C@H](C(=O)OC(C)(C)C)N1C(=O)OC(C)(C)C. The van der Waals surface area contributed by atoms with Crippen molar-refractivity contribution in [3.8, 4) is 0 Å². The second kappa shape index (κ2) is 10.7. The maximum absolute atomic E-state index is 13.4. The number of likely N-dealkylation sites (tertiary alicyclic amines) is 1. The van der Waals surface area contributed by atoms with Crippen molar-refractivity contribution in [2.75, 3.05) is 0 Å². The molecule has 184 valence electrons. The van der Waals surface area contributed by atoms with E-state index in [1.807, 2.05) is 34.6 Å². The van der Waals surface area contributed by atoms with Crippen LogP contribution in [0.15, 0.2) is 11.6 Å². The highest BCUT2D eigenvalue weighted by atomic mass is 16.6. The lowest BCUT2D eigenvalue weighted by Crippen LogP contribution is -2.57. The summed E-state index contributed by atoms with van der Waals surface area (Å²) in [5.74, 6) is -0.471. The molecule has 1 N–H and O–H groups in total. The first-order valence-corrected chi connectivity index (χ1v) is 11.6. The number of hydrogen-bond donors (Lipinski definition) is 1. The highest BCUT2D eigenvalue weighted by Crippen LogP contribution is 2.37. The summed E-state index contributed by atoms with van der Waals surface area (Å²) in [5.41, 5.74) is -0.327. The molecule has 0 aromatic heterocycles. The molecule has 1 saturated heterocycles. The van der Waals surface area contributed by atoms with E-state index in [-0.39, 0.29) is 23.8 Å². The van der Waals surface area contributed by atoms with E-state index in [2.05, 4.69) is 25.2 Å². The van der Waals surface area contributed by atoms with Gasteiger partial charge in [-0.3, -0.25) is 9.69 Å². The standard InChI is InChI=1S/C25H44N2O5/c1-15(2)12-18-14-20(22(29)31-24(6,7)8)27(23(30)32-25(9,10)11)21(18)19(13-16(3)4)26-17(5)28/h12,16,18-21H,13-14H2,1-11H3,(H,26,28)/t18-,19+,20-,21-/m1/s1. The summed E-state index contributed by atoms with van der Waals surface area (Å²) in [4.78, 5) is 40.2. The Hall–Kier alpha value is -2.05. The quantitative estimate of drug-likeness (QED) is 0.460. The zero-order chi connectivity index (χ0) is 25.0. The van der Waals surface area contributed by atoms with Crippen molar-refractivity contribution in [2.24, 2.45) is 11.8 Å². The van der Waals surface area contributed by atoms with Gasteiger partial charge in [-0.05, 0) is 74.1 Å². The molecular weight excluding hydrogens is 408 g/mol. The van der Waals surface area contributed by atoms with Gasteiger partial charge >= 0.3 is 12.1 Å². The van der Waals surface area contributed by atoms with Crippen molar-refractivity contribution in [1.82, 2.24) is 10.2 Å². The zero-order valence-electron chi connectivity index (χ0n) is 21.9. The average Bonchev–Trinajstić information content (AvgIpc) is 2.88. The Morgan fingerprint density at radius 2 is 1.53 bits per heavy atom. The summed E-state index contributed by atoms with van der Waals surface area (Å²) in [7, 11) is 0. The van der Waals surface area contributed by atoms with E-state index < -0.39 is 35.3 Å². The molecule has 0 aliphatic carbocycles. The average molecular weight is 453 g/mol. The molecule has 1 rings (SSSR count). The number of allylic oxidation sites excluding steroid dienone is 1. The van der Waals surface area contributed by atoms with Gasteiger partial charge in [0.1, 0.15) is 17.2 Å². The largest absolute Gasteiger partial charge is 0.458 e. The minimum absolute atomic E-state index is 0.124. The highest BCUT2D eigenvalue weighted by Gasteiger charge is 2.52. The van der Waals surface area contributed by atoms with Crippen molar-refractivity contribution >= 4 is 18.0 Å². The Morgan fingerprint density at radius 3 is 1.94 bits per heavy atom. The smallest absolute Gasteiger partial charge is 0.411 e. The van der Waals surface area contributed by atoms with E-state index in [1.165, 1.54) is 11.8 Å². The second-order valence-electron chi connectivity index (χ2n) is 11.5. The maximum atomic E-state index is 13.4. The van der Waals surface area contributed by atoms with Crippen molar-refractivity contribution in [3.63, 3.8) is 0 Å². The van der Waals surface area contributed by atoms with E-state index in [0.717, 1.165) is 5.57 Å². The van der Waals surface area contributed by atoms with Crippen LogP contribution in [0.3, 0.4) is 0 Å². The van der Waals surface area contributed by atoms with Crippen LogP contribution in [0.5, 0.6) is 0 Å². The first kappa shape index (κ1) is 28.0. The van der Waals surface area contributed by atoms with E-state index in [9.17, 15) is 14.4 Å². The molecule has 1 aliphatic rings. The predicted octanol–water partition coefficient (Wildman–Crippen LogP) is 4.84. The van der Waals surface area contributed by atoms with Crippen molar-refractivity contribution in [2.45, 2.75) is 118 Å². The number of nitrogens with zero attached hydrogens (tertiary/aromatic N) is 1. The number of ether oxygens (including phenoxy) is 2. The van der Waals surface area contributed by atoms with E-state index in [4.69, 9.17) is 9.47 Å². The molecule has 1 heterocycles. The van der Waals surface area contributed by atoms with E-state index in [1.54, 1.807) is 20.8 Å². The number of esters is 1. The molecule has 0 aromatic carbocycles. The van der Waals surface area contributed by atoms with Crippen LogP contribution in [-0.2, 0) is 19.1 Å². The molecule has 0 unspecified atom stereocenters. The molecule has 2 amide bonds. The summed E-state index contributed by atoms with van der Waals surface area (Å²) in [5, 5.41) is 3.04. The number of carbonyl (C=O) groups is 3. The van der Waals surface area contributed by atoms with Crippen molar-refractivity contribution in [1.29, 1.82) is 0 Å². The Morgan fingerprint density at radius 1 is 1.00 bits per heavy atom. The maximum Gasteiger partial charge on any atom is 0.411 e. The molecule has 1 aliphatic heterocycles. The summed E-state index contributed by atoms with van der Waals surface area (Å²) < 4.78 is 11.4.